The number of ether oxygens (including phenoxy) is 1. The van der Waals surface area contributed by atoms with Crippen LogP contribution < -0.4 is 4.72 Å². The van der Waals surface area contributed by atoms with E-state index in [-0.39, 0.29) is 6.61 Å². The Kier molecular flexibility index (Phi) is 5.55. The molecule has 1 N–H and O–H groups in total. The number of sulfonamides is 1. The van der Waals surface area contributed by atoms with Crippen LogP contribution in [0, 0.1) is 0 Å². The van der Waals surface area contributed by atoms with E-state index in [1.54, 1.807) is 12.1 Å². The van der Waals surface area contributed by atoms with Crippen molar-refractivity contribution in [2.45, 2.75) is 30.9 Å². The monoisotopic (exact) mass is 349 g/mol. The number of nitrogens with one attached hydrogen (secondary N) is 1. The van der Waals surface area contributed by atoms with Crippen molar-refractivity contribution in [3.63, 3.8) is 0 Å². The summed E-state index contributed by atoms with van der Waals surface area (Å²) in [5.41, 5.74) is 0. The van der Waals surface area contributed by atoms with Crippen molar-refractivity contribution in [2.24, 2.45) is 0 Å². The second kappa shape index (κ2) is 7.24. The summed E-state index contributed by atoms with van der Waals surface area (Å²) in [6.07, 6.45) is -2.23. The molecule has 2 rings (SSSR count). The number of hydrogen-bond donors (Lipinski definition) is 1. The van der Waals surface area contributed by atoms with Crippen LogP contribution in [0.25, 0.3) is 0 Å². The number of furan rings is 2. The lowest BCUT2D eigenvalue weighted by Crippen LogP contribution is -2.31. The molecule has 0 bridgehead atoms. The van der Waals surface area contributed by atoms with E-state index in [0.29, 0.717) is 17.9 Å². The fourth-order valence-electron chi connectivity index (χ4n) is 1.95. The molecule has 0 amide bonds. The van der Waals surface area contributed by atoms with Crippen LogP contribution in [0.4, 0.5) is 8.78 Å². The minimum absolute atomic E-state index is 0.0122. The molecule has 0 aliphatic carbocycles. The predicted octanol–water partition coefficient (Wildman–Crippen LogP) is 3.04. The second-order valence-corrected chi connectivity index (χ2v) is 6.39. The van der Waals surface area contributed by atoms with E-state index in [1.807, 2.05) is 6.92 Å². The third-order valence-electron chi connectivity index (χ3n) is 3.09. The van der Waals surface area contributed by atoms with Gasteiger partial charge in [0, 0.05) is 13.5 Å². The first-order chi connectivity index (χ1) is 10.9. The van der Waals surface area contributed by atoms with E-state index in [1.165, 1.54) is 7.11 Å². The van der Waals surface area contributed by atoms with Crippen molar-refractivity contribution >= 4 is 10.0 Å². The van der Waals surface area contributed by atoms with Crippen LogP contribution in [0.3, 0.4) is 0 Å². The van der Waals surface area contributed by atoms with Crippen molar-refractivity contribution in [1.29, 1.82) is 0 Å². The molecule has 9 heteroatoms. The van der Waals surface area contributed by atoms with Crippen LogP contribution in [0.1, 0.15) is 36.7 Å². The molecule has 1 atom stereocenters. The smallest absolute Gasteiger partial charge is 0.295 e. The summed E-state index contributed by atoms with van der Waals surface area (Å²) in [5.74, 6) is 0.353. The second-order valence-electron chi connectivity index (χ2n) is 4.74. The van der Waals surface area contributed by atoms with Gasteiger partial charge in [0.1, 0.15) is 17.6 Å². The van der Waals surface area contributed by atoms with Crippen molar-refractivity contribution in [3.05, 3.63) is 41.5 Å². The lowest BCUT2D eigenvalue weighted by Gasteiger charge is -2.15. The maximum Gasteiger partial charge on any atom is 0.295 e. The SMILES string of the molecule is CCc1ccc(C(COC)NS(=O)(=O)c2ccc(C(F)F)o2)o1. The summed E-state index contributed by atoms with van der Waals surface area (Å²) in [6, 6.07) is 4.47. The maximum atomic E-state index is 12.5. The molecule has 0 fully saturated rings. The largest absolute Gasteiger partial charge is 0.464 e. The van der Waals surface area contributed by atoms with Crippen LogP contribution in [-0.4, -0.2) is 22.1 Å². The fourth-order valence-corrected chi connectivity index (χ4v) is 3.08. The average molecular weight is 349 g/mol. The molecule has 0 aliphatic heterocycles. The Balaban J connectivity index is 2.23. The minimum Gasteiger partial charge on any atom is -0.464 e. The van der Waals surface area contributed by atoms with E-state index >= 15 is 0 Å². The Bertz CT molecular complexity index is 738. The van der Waals surface area contributed by atoms with Crippen molar-refractivity contribution in [2.75, 3.05) is 13.7 Å². The highest BCUT2D eigenvalue weighted by Crippen LogP contribution is 2.25. The molecule has 0 spiro atoms. The van der Waals surface area contributed by atoms with Gasteiger partial charge in [-0.05, 0) is 24.3 Å². The minimum atomic E-state index is -4.13. The van der Waals surface area contributed by atoms with Crippen molar-refractivity contribution in [3.8, 4) is 0 Å². The zero-order valence-corrected chi connectivity index (χ0v) is 13.4. The standard InChI is InChI=1S/C14H17F2NO5S/c1-3-9-4-5-11(21-9)10(8-20-2)17-23(18,19)13-7-6-12(22-13)14(15)16/h4-7,10,14,17H,3,8H2,1-2H3. The summed E-state index contributed by atoms with van der Waals surface area (Å²) < 4.78 is 67.1. The number of aryl methyl sites for hydroxylation is 1. The third-order valence-corrected chi connectivity index (χ3v) is 4.43. The van der Waals surface area contributed by atoms with Crippen LogP contribution in [0.2, 0.25) is 0 Å². The van der Waals surface area contributed by atoms with Gasteiger partial charge in [-0.3, -0.25) is 0 Å². The first kappa shape index (κ1) is 17.6. The number of halogens is 2. The first-order valence-electron chi connectivity index (χ1n) is 6.85. The summed E-state index contributed by atoms with van der Waals surface area (Å²) in [4.78, 5) is 0. The summed E-state index contributed by atoms with van der Waals surface area (Å²) in [6.45, 7) is 1.91. The molecule has 2 aromatic rings. The van der Waals surface area contributed by atoms with Crippen LogP contribution in [-0.2, 0) is 21.2 Å². The molecule has 1 unspecified atom stereocenters. The van der Waals surface area contributed by atoms with Crippen molar-refractivity contribution < 1.29 is 30.8 Å². The average Bonchev–Trinajstić information content (AvgIpc) is 3.16. The third kappa shape index (κ3) is 4.18. The highest BCUT2D eigenvalue weighted by molar-refractivity contribution is 7.89. The molecular formula is C14H17F2NO5S. The summed E-state index contributed by atoms with van der Waals surface area (Å²) in [7, 11) is -2.72. The van der Waals surface area contributed by atoms with E-state index < -0.39 is 33.3 Å². The Morgan fingerprint density at radius 1 is 1.17 bits per heavy atom. The molecule has 0 aliphatic rings. The quantitative estimate of drug-likeness (QED) is 0.792. The zero-order valence-electron chi connectivity index (χ0n) is 12.6. The van der Waals surface area contributed by atoms with Gasteiger partial charge < -0.3 is 13.6 Å². The van der Waals surface area contributed by atoms with E-state index in [9.17, 15) is 17.2 Å². The van der Waals surface area contributed by atoms with Gasteiger partial charge in [0.05, 0.1) is 6.61 Å². The van der Waals surface area contributed by atoms with Gasteiger partial charge in [-0.1, -0.05) is 6.92 Å². The summed E-state index contributed by atoms with van der Waals surface area (Å²) in [5, 5.41) is -0.587. The predicted molar refractivity (Wildman–Crippen MR) is 76.7 cm³/mol. The number of alkyl halides is 2. The maximum absolute atomic E-state index is 12.5. The van der Waals surface area contributed by atoms with Gasteiger partial charge in [0.15, 0.2) is 5.76 Å². The molecule has 128 valence electrons. The number of rotatable bonds is 8. The van der Waals surface area contributed by atoms with Gasteiger partial charge in [-0.15, -0.1) is 0 Å². The lowest BCUT2D eigenvalue weighted by atomic mass is 10.2. The fraction of sp³-hybridized carbons (Fsp3) is 0.429. The molecule has 23 heavy (non-hydrogen) atoms. The molecule has 2 heterocycles. The lowest BCUT2D eigenvalue weighted by molar-refractivity contribution is 0.116. The van der Waals surface area contributed by atoms with E-state index in [0.717, 1.165) is 12.1 Å². The molecule has 0 radical (unpaired) electrons. The van der Waals surface area contributed by atoms with Crippen LogP contribution in [0.5, 0.6) is 0 Å². The first-order valence-corrected chi connectivity index (χ1v) is 8.33. The van der Waals surface area contributed by atoms with Crippen molar-refractivity contribution in [1.82, 2.24) is 4.72 Å². The molecule has 6 nitrogen and oxygen atoms in total. The Morgan fingerprint density at radius 3 is 2.39 bits per heavy atom. The van der Waals surface area contributed by atoms with E-state index in [2.05, 4.69) is 9.14 Å². The topological polar surface area (TPSA) is 81.7 Å². The number of methoxy groups -OCH3 is 1. The molecule has 0 aromatic carbocycles. The Hall–Kier alpha value is -1.71. The van der Waals surface area contributed by atoms with Gasteiger partial charge in [-0.2, -0.15) is 4.72 Å². The highest BCUT2D eigenvalue weighted by Gasteiger charge is 2.27. The highest BCUT2D eigenvalue weighted by atomic mass is 32.2. The van der Waals surface area contributed by atoms with E-state index in [4.69, 9.17) is 9.15 Å². The van der Waals surface area contributed by atoms with Crippen LogP contribution >= 0.6 is 0 Å². The van der Waals surface area contributed by atoms with Crippen LogP contribution in [0.15, 0.2) is 38.2 Å². The molecule has 0 saturated heterocycles. The van der Waals surface area contributed by atoms with Gasteiger partial charge in [0.2, 0.25) is 5.09 Å². The van der Waals surface area contributed by atoms with Gasteiger partial charge >= 0.3 is 0 Å². The molecule has 0 saturated carbocycles. The normalized spacial score (nSPS) is 13.6. The van der Waals surface area contributed by atoms with Gasteiger partial charge in [0.25, 0.3) is 16.4 Å². The van der Waals surface area contributed by atoms with Gasteiger partial charge in [-0.25, -0.2) is 17.2 Å². The number of hydrogen-bond acceptors (Lipinski definition) is 5. The summed E-state index contributed by atoms with van der Waals surface area (Å²) >= 11 is 0. The molecule has 2 aromatic heterocycles. The zero-order chi connectivity index (χ0) is 17.0. The Labute approximate surface area is 132 Å². The molecular weight excluding hydrogens is 332 g/mol. The Morgan fingerprint density at radius 2 is 1.87 bits per heavy atom.